The predicted octanol–water partition coefficient (Wildman–Crippen LogP) is 6.56. The Kier molecular flexibility index (Phi) is 11.7. The maximum atomic E-state index is 14.6. The van der Waals surface area contributed by atoms with Gasteiger partial charge in [0.15, 0.2) is 0 Å². The number of fused-ring (bicyclic) bond motifs is 3. The summed E-state index contributed by atoms with van der Waals surface area (Å²) < 4.78 is 42.1. The topological polar surface area (TPSA) is 168 Å². The Morgan fingerprint density at radius 1 is 0.933 bits per heavy atom. The van der Waals surface area contributed by atoms with Crippen LogP contribution in [0.25, 0.3) is 22.2 Å². The first-order valence-electron chi connectivity index (χ1n) is 20.3. The summed E-state index contributed by atoms with van der Waals surface area (Å²) in [6.45, 7) is 0.857. The van der Waals surface area contributed by atoms with Gasteiger partial charge in [-0.05, 0) is 55.5 Å². The van der Waals surface area contributed by atoms with Gasteiger partial charge in [0.25, 0.3) is 15.9 Å². The van der Waals surface area contributed by atoms with Crippen molar-refractivity contribution in [3.8, 4) is 22.8 Å². The van der Waals surface area contributed by atoms with Crippen molar-refractivity contribution in [2.45, 2.75) is 67.6 Å². The Bertz CT molecular complexity index is 2520. The maximum absolute atomic E-state index is 14.6. The zero-order valence-electron chi connectivity index (χ0n) is 33.3. The van der Waals surface area contributed by atoms with E-state index in [1.165, 1.54) is 11.0 Å². The van der Waals surface area contributed by atoms with Crippen molar-refractivity contribution < 1.29 is 32.3 Å². The predicted molar refractivity (Wildman–Crippen MR) is 229 cm³/mol. The second-order valence-corrected chi connectivity index (χ2v) is 17.1. The van der Waals surface area contributed by atoms with Crippen LogP contribution in [0.2, 0.25) is 0 Å². The van der Waals surface area contributed by atoms with Crippen LogP contribution in [-0.4, -0.2) is 74.0 Å². The molecule has 2 aliphatic heterocycles. The zero-order chi connectivity index (χ0) is 41.7. The summed E-state index contributed by atoms with van der Waals surface area (Å²) >= 11 is 0. The van der Waals surface area contributed by atoms with Gasteiger partial charge in [0.2, 0.25) is 5.91 Å². The highest BCUT2D eigenvalue weighted by atomic mass is 32.2. The number of ether oxygens (including phenoxy) is 2. The minimum Gasteiger partial charge on any atom is -0.497 e. The summed E-state index contributed by atoms with van der Waals surface area (Å²) in [4.78, 5) is 49.1. The van der Waals surface area contributed by atoms with E-state index in [-0.39, 0.29) is 30.8 Å². The van der Waals surface area contributed by atoms with Crippen LogP contribution >= 0.6 is 0 Å². The van der Waals surface area contributed by atoms with E-state index in [0.29, 0.717) is 34.9 Å². The molecular formula is C46H48N6O7S. The van der Waals surface area contributed by atoms with Gasteiger partial charge >= 0.3 is 6.03 Å². The highest BCUT2D eigenvalue weighted by Gasteiger charge is 2.61. The van der Waals surface area contributed by atoms with Crippen molar-refractivity contribution in [1.29, 1.82) is 0 Å². The minimum atomic E-state index is -4.34. The Hall–Kier alpha value is -6.41. The number of aromatic nitrogens is 1. The number of hydrogen-bond acceptors (Lipinski definition) is 9. The fraction of sp³-hybridized carbons (Fsp3) is 0.304. The Morgan fingerprint density at radius 3 is 2.50 bits per heavy atom. The molecule has 1 aromatic heterocycles. The molecule has 3 heterocycles. The van der Waals surface area contributed by atoms with Crippen molar-refractivity contribution >= 4 is 44.5 Å². The lowest BCUT2D eigenvalue weighted by molar-refractivity contribution is -0.131. The van der Waals surface area contributed by atoms with Gasteiger partial charge in [-0.25, -0.2) is 22.9 Å². The fourth-order valence-corrected chi connectivity index (χ4v) is 9.24. The van der Waals surface area contributed by atoms with Crippen LogP contribution < -0.4 is 30.1 Å². The summed E-state index contributed by atoms with van der Waals surface area (Å²) in [6, 6.07) is 31.4. The van der Waals surface area contributed by atoms with Gasteiger partial charge in [-0.15, -0.1) is 0 Å². The minimum absolute atomic E-state index is 0.0556. The smallest absolute Gasteiger partial charge is 0.318 e. The number of amides is 4. The molecule has 3 aliphatic rings. The average Bonchev–Trinajstić information content (AvgIpc) is 3.80. The molecule has 4 aromatic carbocycles. The summed E-state index contributed by atoms with van der Waals surface area (Å²) in [5, 5.41) is 9.82. The SMILES string of the molecule is COc1ccc2c(O[C@@H]3C[C@@H](C(=O)N[C@]45C[C@H]4C=CCCCCCNc4ccccc4S(=O)(=O)NC5=O)N(C(=O)NCc4ccccc4)C3)cc(-c3ccccc3)nc2c1. The van der Waals surface area contributed by atoms with Crippen molar-refractivity contribution in [1.82, 2.24) is 25.2 Å². The first-order valence-corrected chi connectivity index (χ1v) is 21.8. The highest BCUT2D eigenvalue weighted by Crippen LogP contribution is 2.46. The molecular weight excluding hydrogens is 781 g/mol. The average molecular weight is 829 g/mol. The number of anilines is 1. The summed E-state index contributed by atoms with van der Waals surface area (Å²) in [5.74, 6) is -0.740. The lowest BCUT2D eigenvalue weighted by atomic mass is 10.1. The van der Waals surface area contributed by atoms with E-state index in [4.69, 9.17) is 14.5 Å². The number of methoxy groups -OCH3 is 1. The van der Waals surface area contributed by atoms with Gasteiger partial charge in [0.05, 0.1) is 30.6 Å². The highest BCUT2D eigenvalue weighted by molar-refractivity contribution is 7.90. The number of hydrogen-bond donors (Lipinski definition) is 4. The van der Waals surface area contributed by atoms with E-state index in [1.807, 2.05) is 97.1 Å². The molecule has 5 aromatic rings. The van der Waals surface area contributed by atoms with Crippen LogP contribution in [0.4, 0.5) is 10.5 Å². The molecule has 8 rings (SSSR count). The van der Waals surface area contributed by atoms with Crippen LogP contribution in [0.5, 0.6) is 11.5 Å². The van der Waals surface area contributed by atoms with Crippen LogP contribution in [0, 0.1) is 5.92 Å². The third kappa shape index (κ3) is 8.79. The van der Waals surface area contributed by atoms with E-state index < -0.39 is 51.5 Å². The van der Waals surface area contributed by atoms with Crippen molar-refractivity contribution in [2.75, 3.05) is 25.5 Å². The molecule has 4 N–H and O–H groups in total. The standard InChI is InChI=1S/C46H48N6O7S/c1-58-34-22-23-36-39(25-34)49-38(32-17-9-6-10-18-32)27-41(36)59-35-26-40(52(30-35)45(55)48-29-31-15-7-5-8-16-31)43(53)50-46-28-33(46)19-11-3-2-4-14-24-47-37-20-12-13-21-42(37)60(56,57)51-44(46)54/h5-13,15-23,25,27,33,35,40,47H,2-4,14,24,26,28-30H2,1H3,(H,48,55)(H,50,53)(H,51,54)/t33-,35-,40+,46-/m1/s1. The lowest BCUT2D eigenvalue weighted by Crippen LogP contribution is -2.57. The Labute approximate surface area is 349 Å². The van der Waals surface area contributed by atoms with Crippen LogP contribution in [-0.2, 0) is 26.2 Å². The van der Waals surface area contributed by atoms with Gasteiger partial charge in [-0.2, -0.15) is 0 Å². The Balaban J connectivity index is 1.09. The molecule has 0 bridgehead atoms. The lowest BCUT2D eigenvalue weighted by Gasteiger charge is -2.26. The van der Waals surface area contributed by atoms with Gasteiger partial charge < -0.3 is 30.3 Å². The number of benzene rings is 4. The first-order chi connectivity index (χ1) is 29.1. The number of nitrogens with zero attached hydrogens (tertiary/aromatic N) is 2. The molecule has 1 aliphatic carbocycles. The largest absolute Gasteiger partial charge is 0.497 e. The molecule has 0 unspecified atom stereocenters. The summed E-state index contributed by atoms with van der Waals surface area (Å²) in [7, 11) is -2.75. The van der Waals surface area contributed by atoms with E-state index in [1.54, 1.807) is 25.3 Å². The van der Waals surface area contributed by atoms with Gasteiger partial charge in [-0.3, -0.25) is 9.59 Å². The monoisotopic (exact) mass is 828 g/mol. The molecule has 1 saturated carbocycles. The number of carbonyl (C=O) groups is 3. The van der Waals surface area contributed by atoms with E-state index in [0.717, 1.165) is 42.2 Å². The molecule has 60 heavy (non-hydrogen) atoms. The number of carbonyl (C=O) groups excluding carboxylic acids is 3. The third-order valence-corrected chi connectivity index (χ3v) is 12.7. The zero-order valence-corrected chi connectivity index (χ0v) is 34.1. The van der Waals surface area contributed by atoms with E-state index >= 15 is 0 Å². The van der Waals surface area contributed by atoms with Crippen molar-refractivity contribution in [3.63, 3.8) is 0 Å². The van der Waals surface area contributed by atoms with Gasteiger partial charge in [-0.1, -0.05) is 91.4 Å². The number of allylic oxidation sites excluding steroid dienone is 1. The van der Waals surface area contributed by atoms with Crippen LogP contribution in [0.1, 0.15) is 44.1 Å². The molecule has 14 heteroatoms. The Morgan fingerprint density at radius 2 is 1.70 bits per heavy atom. The quantitative estimate of drug-likeness (QED) is 0.127. The second kappa shape index (κ2) is 17.4. The molecule has 4 atom stereocenters. The molecule has 310 valence electrons. The molecule has 13 nitrogen and oxygen atoms in total. The molecule has 0 spiro atoms. The number of nitrogens with one attached hydrogen (secondary N) is 4. The number of urea groups is 1. The number of para-hydroxylation sites is 1. The summed E-state index contributed by atoms with van der Waals surface area (Å²) in [6.07, 6.45) is 6.99. The first kappa shape index (κ1) is 40.4. The van der Waals surface area contributed by atoms with Crippen LogP contribution in [0.3, 0.4) is 0 Å². The molecule has 0 radical (unpaired) electrons. The second-order valence-electron chi connectivity index (χ2n) is 15.4. The molecule has 1 saturated heterocycles. The maximum Gasteiger partial charge on any atom is 0.318 e. The van der Waals surface area contributed by atoms with Gasteiger partial charge in [0, 0.05) is 48.5 Å². The van der Waals surface area contributed by atoms with Crippen molar-refractivity contribution in [2.24, 2.45) is 5.92 Å². The van der Waals surface area contributed by atoms with Gasteiger partial charge in [0.1, 0.15) is 34.1 Å². The number of likely N-dealkylation sites (tertiary alicyclic amines) is 1. The van der Waals surface area contributed by atoms with Crippen molar-refractivity contribution in [3.05, 3.63) is 127 Å². The normalized spacial score (nSPS) is 22.4. The van der Waals surface area contributed by atoms with E-state index in [9.17, 15) is 22.8 Å². The number of rotatable bonds is 8. The molecule has 2 fully saturated rings. The fourth-order valence-electron chi connectivity index (χ4n) is 8.02. The third-order valence-electron chi connectivity index (χ3n) is 11.4. The van der Waals surface area contributed by atoms with Crippen LogP contribution in [0.15, 0.2) is 126 Å². The molecule has 4 amide bonds. The number of pyridine rings is 1. The summed E-state index contributed by atoms with van der Waals surface area (Å²) in [5.41, 5.74) is 1.91. The van der Waals surface area contributed by atoms with E-state index in [2.05, 4.69) is 20.7 Å². The number of sulfonamides is 1.